The Kier molecular flexibility index (Phi) is 3.98. The maximum atomic E-state index is 4.28. The van der Waals surface area contributed by atoms with Crippen LogP contribution in [0.5, 0.6) is 0 Å². The van der Waals surface area contributed by atoms with Gasteiger partial charge in [-0.1, -0.05) is 13.8 Å². The van der Waals surface area contributed by atoms with Gasteiger partial charge in [-0.15, -0.1) is 0 Å². The van der Waals surface area contributed by atoms with Crippen LogP contribution in [0.3, 0.4) is 0 Å². The Morgan fingerprint density at radius 1 is 1.36 bits per heavy atom. The average Bonchev–Trinajstić information content (AvgIpc) is 2.48. The number of aromatic nitrogens is 2. The molecule has 0 saturated carbocycles. The molecule has 1 rings (SSSR count). The summed E-state index contributed by atoms with van der Waals surface area (Å²) >= 11 is 0. The van der Waals surface area contributed by atoms with Crippen LogP contribution in [0.4, 0.5) is 5.82 Å². The Bertz CT molecular complexity index is 265. The van der Waals surface area contributed by atoms with Gasteiger partial charge >= 0.3 is 0 Å². The molecule has 0 aromatic carbocycles. The van der Waals surface area contributed by atoms with Crippen molar-refractivity contribution >= 4 is 5.82 Å². The molecule has 0 amide bonds. The summed E-state index contributed by atoms with van der Waals surface area (Å²) in [5, 5.41) is 7.67. The lowest BCUT2D eigenvalue weighted by molar-refractivity contribution is 0.526. The highest BCUT2D eigenvalue weighted by Gasteiger charge is 2.04. The van der Waals surface area contributed by atoms with Crippen molar-refractivity contribution in [2.24, 2.45) is 13.0 Å². The van der Waals surface area contributed by atoms with Gasteiger partial charge in [-0.3, -0.25) is 4.68 Å². The topological polar surface area (TPSA) is 29.9 Å². The van der Waals surface area contributed by atoms with E-state index in [2.05, 4.69) is 31.2 Å². The van der Waals surface area contributed by atoms with Gasteiger partial charge in [0.05, 0.1) is 0 Å². The number of nitrogens with one attached hydrogen (secondary N) is 1. The van der Waals surface area contributed by atoms with Crippen molar-refractivity contribution in [3.05, 3.63) is 12.3 Å². The van der Waals surface area contributed by atoms with Crippen molar-refractivity contribution < 1.29 is 0 Å². The molecule has 3 heteroatoms. The first-order valence-electron chi connectivity index (χ1n) is 5.34. The zero-order valence-electron chi connectivity index (χ0n) is 9.62. The zero-order chi connectivity index (χ0) is 10.6. The smallest absolute Gasteiger partial charge is 0.148 e. The van der Waals surface area contributed by atoms with Crippen LogP contribution >= 0.6 is 0 Å². The lowest BCUT2D eigenvalue weighted by Gasteiger charge is -2.14. The van der Waals surface area contributed by atoms with Crippen LogP contribution in [-0.4, -0.2) is 15.8 Å². The fourth-order valence-corrected chi connectivity index (χ4v) is 1.40. The molecule has 0 bridgehead atoms. The Labute approximate surface area is 86.5 Å². The van der Waals surface area contributed by atoms with Gasteiger partial charge in [0, 0.05) is 25.4 Å². The van der Waals surface area contributed by atoms with Crippen LogP contribution in [0.1, 0.15) is 33.6 Å². The Hall–Kier alpha value is -0.990. The molecule has 0 aliphatic rings. The molecular weight excluding hydrogens is 174 g/mol. The predicted molar refractivity (Wildman–Crippen MR) is 60.4 cm³/mol. The fourth-order valence-electron chi connectivity index (χ4n) is 1.40. The molecule has 0 radical (unpaired) electrons. The highest BCUT2D eigenvalue weighted by atomic mass is 15.3. The van der Waals surface area contributed by atoms with Gasteiger partial charge < -0.3 is 5.32 Å². The molecule has 1 atom stereocenters. The molecular formula is C11H21N3. The Morgan fingerprint density at radius 2 is 2.07 bits per heavy atom. The molecule has 1 aromatic heterocycles. The van der Waals surface area contributed by atoms with Gasteiger partial charge in [-0.2, -0.15) is 5.10 Å². The first-order chi connectivity index (χ1) is 6.58. The standard InChI is InChI=1S/C11H21N3/c1-9(2)5-6-10(3)12-11-7-8-14(4)13-11/h7-10H,5-6H2,1-4H3,(H,12,13)/t10-/m0/s1. The molecule has 0 aliphatic carbocycles. The van der Waals surface area contributed by atoms with E-state index in [4.69, 9.17) is 0 Å². The molecule has 0 fully saturated rings. The highest BCUT2D eigenvalue weighted by Crippen LogP contribution is 2.10. The number of aryl methyl sites for hydroxylation is 1. The molecule has 0 spiro atoms. The van der Waals surface area contributed by atoms with Crippen molar-refractivity contribution in [2.45, 2.75) is 39.7 Å². The van der Waals surface area contributed by atoms with Crippen molar-refractivity contribution in [3.63, 3.8) is 0 Å². The van der Waals surface area contributed by atoms with E-state index in [1.807, 2.05) is 24.0 Å². The molecule has 80 valence electrons. The zero-order valence-corrected chi connectivity index (χ0v) is 9.62. The third-order valence-corrected chi connectivity index (χ3v) is 2.28. The van der Waals surface area contributed by atoms with E-state index in [1.54, 1.807) is 0 Å². The van der Waals surface area contributed by atoms with Gasteiger partial charge in [-0.25, -0.2) is 0 Å². The number of hydrogen-bond acceptors (Lipinski definition) is 2. The summed E-state index contributed by atoms with van der Waals surface area (Å²) in [5.74, 6) is 1.76. The first-order valence-corrected chi connectivity index (χ1v) is 5.34. The van der Waals surface area contributed by atoms with Crippen LogP contribution in [0.2, 0.25) is 0 Å². The molecule has 0 aliphatic heterocycles. The van der Waals surface area contributed by atoms with Crippen molar-refractivity contribution in [2.75, 3.05) is 5.32 Å². The summed E-state index contributed by atoms with van der Waals surface area (Å²) in [6.07, 6.45) is 4.42. The van der Waals surface area contributed by atoms with Crippen molar-refractivity contribution in [1.29, 1.82) is 0 Å². The number of nitrogens with zero attached hydrogens (tertiary/aromatic N) is 2. The van der Waals surface area contributed by atoms with Gasteiger partial charge in [0.15, 0.2) is 0 Å². The van der Waals surface area contributed by atoms with E-state index in [1.165, 1.54) is 12.8 Å². The molecule has 1 heterocycles. The van der Waals surface area contributed by atoms with Crippen molar-refractivity contribution in [1.82, 2.24) is 9.78 Å². The van der Waals surface area contributed by atoms with Crippen molar-refractivity contribution in [3.8, 4) is 0 Å². The van der Waals surface area contributed by atoms with Gasteiger partial charge in [0.2, 0.25) is 0 Å². The van der Waals surface area contributed by atoms with Crippen LogP contribution < -0.4 is 5.32 Å². The maximum absolute atomic E-state index is 4.28. The lowest BCUT2D eigenvalue weighted by Crippen LogP contribution is -2.16. The van der Waals surface area contributed by atoms with Crippen LogP contribution in [0, 0.1) is 5.92 Å². The molecule has 0 unspecified atom stereocenters. The van der Waals surface area contributed by atoms with Gasteiger partial charge in [-0.05, 0) is 25.7 Å². The maximum Gasteiger partial charge on any atom is 0.148 e. The number of hydrogen-bond donors (Lipinski definition) is 1. The number of rotatable bonds is 5. The molecule has 0 saturated heterocycles. The minimum Gasteiger partial charge on any atom is -0.366 e. The van der Waals surface area contributed by atoms with Crippen LogP contribution in [-0.2, 0) is 7.05 Å². The summed E-state index contributed by atoms with van der Waals surface area (Å²) in [5.41, 5.74) is 0. The molecule has 3 nitrogen and oxygen atoms in total. The third kappa shape index (κ3) is 3.81. The molecule has 1 N–H and O–H groups in total. The second kappa shape index (κ2) is 5.03. The quantitative estimate of drug-likeness (QED) is 0.782. The summed E-state index contributed by atoms with van der Waals surface area (Å²) in [6.45, 7) is 6.72. The summed E-state index contributed by atoms with van der Waals surface area (Å²) in [6, 6.07) is 2.51. The van der Waals surface area contributed by atoms with E-state index in [0.29, 0.717) is 6.04 Å². The molecule has 14 heavy (non-hydrogen) atoms. The first kappa shape index (κ1) is 11.1. The van der Waals surface area contributed by atoms with Crippen LogP contribution in [0.25, 0.3) is 0 Å². The van der Waals surface area contributed by atoms with Gasteiger partial charge in [0.1, 0.15) is 5.82 Å². The Morgan fingerprint density at radius 3 is 2.57 bits per heavy atom. The fraction of sp³-hybridized carbons (Fsp3) is 0.727. The van der Waals surface area contributed by atoms with E-state index >= 15 is 0 Å². The monoisotopic (exact) mass is 195 g/mol. The summed E-state index contributed by atoms with van der Waals surface area (Å²) in [7, 11) is 1.93. The number of anilines is 1. The van der Waals surface area contributed by atoms with Crippen LogP contribution in [0.15, 0.2) is 12.3 Å². The lowest BCUT2D eigenvalue weighted by atomic mass is 10.0. The minimum atomic E-state index is 0.507. The highest BCUT2D eigenvalue weighted by molar-refractivity contribution is 5.33. The normalized spacial score (nSPS) is 13.2. The SMILES string of the molecule is CC(C)CC[C@H](C)Nc1ccn(C)n1. The predicted octanol–water partition coefficient (Wildman–Crippen LogP) is 2.66. The summed E-state index contributed by atoms with van der Waals surface area (Å²) in [4.78, 5) is 0. The van der Waals surface area contributed by atoms with Gasteiger partial charge in [0.25, 0.3) is 0 Å². The summed E-state index contributed by atoms with van der Waals surface area (Å²) < 4.78 is 1.82. The van der Waals surface area contributed by atoms with E-state index in [9.17, 15) is 0 Å². The largest absolute Gasteiger partial charge is 0.366 e. The Balaban J connectivity index is 2.30. The minimum absolute atomic E-state index is 0.507. The van der Waals surface area contributed by atoms with E-state index in [-0.39, 0.29) is 0 Å². The second-order valence-electron chi connectivity index (χ2n) is 4.39. The van der Waals surface area contributed by atoms with E-state index < -0.39 is 0 Å². The second-order valence-corrected chi connectivity index (χ2v) is 4.39. The van der Waals surface area contributed by atoms with E-state index in [0.717, 1.165) is 11.7 Å². The molecule has 1 aromatic rings. The third-order valence-electron chi connectivity index (χ3n) is 2.28. The average molecular weight is 195 g/mol.